The number of carbonyl (C=O) groups excluding carboxylic acids is 1. The zero-order chi connectivity index (χ0) is 12.6. The maximum absolute atomic E-state index is 12.5. The first-order valence-corrected chi connectivity index (χ1v) is 5.05. The van der Waals surface area contributed by atoms with Gasteiger partial charge < -0.3 is 4.98 Å². The highest BCUT2D eigenvalue weighted by atomic mass is 19.4. The topological polar surface area (TPSA) is 32.9 Å². The van der Waals surface area contributed by atoms with E-state index in [4.69, 9.17) is 0 Å². The lowest BCUT2D eigenvalue weighted by atomic mass is 10.1. The van der Waals surface area contributed by atoms with E-state index in [9.17, 15) is 18.0 Å². The van der Waals surface area contributed by atoms with Crippen LogP contribution in [0.3, 0.4) is 0 Å². The summed E-state index contributed by atoms with van der Waals surface area (Å²) in [6, 6.07) is 5.91. The van der Waals surface area contributed by atoms with Crippen LogP contribution >= 0.6 is 0 Å². The minimum absolute atomic E-state index is 0.0766. The number of Topliss-reactive ketones (excluding diaryl/α,β-unsaturated/α-hetero) is 1. The van der Waals surface area contributed by atoms with Crippen LogP contribution in [0.4, 0.5) is 13.2 Å². The zero-order valence-electron chi connectivity index (χ0n) is 9.06. The van der Waals surface area contributed by atoms with Crippen molar-refractivity contribution in [2.24, 2.45) is 0 Å². The molecule has 0 amide bonds. The number of aromatic nitrogens is 1. The van der Waals surface area contributed by atoms with Crippen LogP contribution in [0.2, 0.25) is 0 Å². The molecule has 2 nitrogen and oxygen atoms in total. The number of hydrogen-bond donors (Lipinski definition) is 1. The Morgan fingerprint density at radius 1 is 1.35 bits per heavy atom. The van der Waals surface area contributed by atoms with Crippen LogP contribution in [0.1, 0.15) is 18.2 Å². The van der Waals surface area contributed by atoms with Crippen molar-refractivity contribution in [1.29, 1.82) is 0 Å². The third-order valence-electron chi connectivity index (χ3n) is 2.50. The fraction of sp³-hybridized carbons (Fsp3) is 0.250. The van der Waals surface area contributed by atoms with Crippen molar-refractivity contribution < 1.29 is 18.0 Å². The van der Waals surface area contributed by atoms with Gasteiger partial charge in [0.2, 0.25) is 0 Å². The summed E-state index contributed by atoms with van der Waals surface area (Å²) in [4.78, 5) is 13.3. The van der Waals surface area contributed by atoms with Gasteiger partial charge in [-0.1, -0.05) is 12.1 Å². The van der Waals surface area contributed by atoms with E-state index in [1.165, 1.54) is 6.92 Å². The van der Waals surface area contributed by atoms with Gasteiger partial charge in [0.25, 0.3) is 0 Å². The first-order valence-electron chi connectivity index (χ1n) is 5.05. The molecule has 0 atom stereocenters. The van der Waals surface area contributed by atoms with Gasteiger partial charge in [-0.3, -0.25) is 4.79 Å². The van der Waals surface area contributed by atoms with Gasteiger partial charge in [-0.25, -0.2) is 0 Å². The van der Waals surface area contributed by atoms with Crippen LogP contribution in [-0.4, -0.2) is 10.8 Å². The van der Waals surface area contributed by atoms with Crippen molar-refractivity contribution >= 4 is 16.7 Å². The smallest absolute Gasteiger partial charge is 0.351 e. The SMILES string of the molecule is CC(=O)Cc1cccc2[nH]c(C(F)(F)F)cc12. The fourth-order valence-electron chi connectivity index (χ4n) is 1.79. The molecular weight excluding hydrogens is 231 g/mol. The predicted molar refractivity (Wildman–Crippen MR) is 57.7 cm³/mol. The summed E-state index contributed by atoms with van der Waals surface area (Å²) in [6.45, 7) is 1.41. The average Bonchev–Trinajstić information content (AvgIpc) is 2.60. The first-order chi connectivity index (χ1) is 7.88. The number of ketones is 1. The van der Waals surface area contributed by atoms with Crippen molar-refractivity contribution in [3.05, 3.63) is 35.5 Å². The molecule has 2 aromatic rings. The van der Waals surface area contributed by atoms with Crippen molar-refractivity contribution in [2.75, 3.05) is 0 Å². The lowest BCUT2D eigenvalue weighted by Gasteiger charge is -2.00. The van der Waals surface area contributed by atoms with Gasteiger partial charge in [0.1, 0.15) is 11.5 Å². The van der Waals surface area contributed by atoms with E-state index >= 15 is 0 Å². The quantitative estimate of drug-likeness (QED) is 0.859. The Bertz CT molecular complexity index is 569. The van der Waals surface area contributed by atoms with Crippen LogP contribution in [0.25, 0.3) is 10.9 Å². The number of nitrogens with one attached hydrogen (secondary N) is 1. The number of alkyl halides is 3. The molecule has 1 aromatic heterocycles. The molecule has 1 N–H and O–H groups in total. The van der Waals surface area contributed by atoms with Gasteiger partial charge in [-0.2, -0.15) is 13.2 Å². The van der Waals surface area contributed by atoms with E-state index in [-0.39, 0.29) is 12.2 Å². The molecule has 2 rings (SSSR count). The van der Waals surface area contributed by atoms with Gasteiger partial charge in [0.05, 0.1) is 0 Å². The van der Waals surface area contributed by atoms with Crippen LogP contribution < -0.4 is 0 Å². The maximum atomic E-state index is 12.5. The maximum Gasteiger partial charge on any atom is 0.431 e. The van der Waals surface area contributed by atoms with Gasteiger partial charge in [0, 0.05) is 17.3 Å². The number of halogens is 3. The highest BCUT2D eigenvalue weighted by Gasteiger charge is 2.32. The molecule has 90 valence electrons. The highest BCUT2D eigenvalue weighted by molar-refractivity contribution is 5.89. The summed E-state index contributed by atoms with van der Waals surface area (Å²) in [5.41, 5.74) is 0.223. The summed E-state index contributed by atoms with van der Waals surface area (Å²) in [7, 11) is 0. The predicted octanol–water partition coefficient (Wildman–Crippen LogP) is 3.32. The number of hydrogen-bond acceptors (Lipinski definition) is 1. The lowest BCUT2D eigenvalue weighted by Crippen LogP contribution is -2.04. The fourth-order valence-corrected chi connectivity index (χ4v) is 1.79. The van der Waals surface area contributed by atoms with Gasteiger partial charge >= 0.3 is 6.18 Å². The molecule has 0 bridgehead atoms. The number of H-pyrrole nitrogens is 1. The third-order valence-corrected chi connectivity index (χ3v) is 2.50. The van der Waals surface area contributed by atoms with Crippen molar-refractivity contribution in [1.82, 2.24) is 4.98 Å². The number of fused-ring (bicyclic) bond motifs is 1. The van der Waals surface area contributed by atoms with Crippen LogP contribution in [0.15, 0.2) is 24.3 Å². The summed E-state index contributed by atoms with van der Waals surface area (Å²) in [5.74, 6) is -0.0766. The van der Waals surface area contributed by atoms with Crippen LogP contribution in [0, 0.1) is 0 Å². The highest BCUT2D eigenvalue weighted by Crippen LogP contribution is 2.32. The number of benzene rings is 1. The molecule has 0 fully saturated rings. The third kappa shape index (κ3) is 2.33. The number of carbonyl (C=O) groups is 1. The van der Waals surface area contributed by atoms with Crippen LogP contribution in [-0.2, 0) is 17.4 Å². The Balaban J connectivity index is 2.57. The first kappa shape index (κ1) is 11.7. The van der Waals surface area contributed by atoms with Gasteiger partial charge in [-0.05, 0) is 24.6 Å². The summed E-state index contributed by atoms with van der Waals surface area (Å²) in [5, 5.41) is 0.454. The van der Waals surface area contributed by atoms with Crippen molar-refractivity contribution in [3.8, 4) is 0 Å². The molecule has 1 aromatic carbocycles. The molecule has 0 saturated heterocycles. The minimum Gasteiger partial charge on any atom is -0.351 e. The number of rotatable bonds is 2. The van der Waals surface area contributed by atoms with E-state index in [1.807, 2.05) is 0 Å². The Kier molecular flexibility index (Phi) is 2.69. The molecule has 0 aliphatic carbocycles. The second kappa shape index (κ2) is 3.91. The van der Waals surface area contributed by atoms with E-state index in [0.29, 0.717) is 16.5 Å². The molecule has 5 heteroatoms. The number of aromatic amines is 1. The Labute approximate surface area is 95.4 Å². The molecule has 0 spiro atoms. The lowest BCUT2D eigenvalue weighted by molar-refractivity contribution is -0.140. The molecule has 0 unspecified atom stereocenters. The summed E-state index contributed by atoms with van der Waals surface area (Å²) < 4.78 is 37.6. The molecule has 1 heterocycles. The standard InChI is InChI=1S/C12H10F3NO/c1-7(17)5-8-3-2-4-10-9(8)6-11(16-10)12(13,14)15/h2-4,6,16H,5H2,1H3. The van der Waals surface area contributed by atoms with E-state index < -0.39 is 11.9 Å². The largest absolute Gasteiger partial charge is 0.431 e. The van der Waals surface area contributed by atoms with Gasteiger partial charge in [0.15, 0.2) is 0 Å². The normalized spacial score (nSPS) is 12.0. The summed E-state index contributed by atoms with van der Waals surface area (Å²) in [6.07, 6.45) is -4.25. The zero-order valence-corrected chi connectivity index (χ0v) is 9.06. The van der Waals surface area contributed by atoms with Crippen molar-refractivity contribution in [2.45, 2.75) is 19.5 Å². The van der Waals surface area contributed by atoms with E-state index in [0.717, 1.165) is 6.07 Å². The van der Waals surface area contributed by atoms with E-state index in [2.05, 4.69) is 4.98 Å². The molecule has 0 aliphatic heterocycles. The monoisotopic (exact) mass is 241 g/mol. The van der Waals surface area contributed by atoms with E-state index in [1.54, 1.807) is 18.2 Å². The molecule has 0 aliphatic rings. The Hall–Kier alpha value is -1.78. The molecular formula is C12H10F3NO. The van der Waals surface area contributed by atoms with Crippen molar-refractivity contribution in [3.63, 3.8) is 0 Å². The Morgan fingerprint density at radius 2 is 2.06 bits per heavy atom. The molecule has 0 radical (unpaired) electrons. The average molecular weight is 241 g/mol. The van der Waals surface area contributed by atoms with Crippen LogP contribution in [0.5, 0.6) is 0 Å². The second-order valence-corrected chi connectivity index (χ2v) is 3.94. The minimum atomic E-state index is -4.40. The molecule has 0 saturated carbocycles. The summed E-state index contributed by atoms with van der Waals surface area (Å²) >= 11 is 0. The second-order valence-electron chi connectivity index (χ2n) is 3.94. The molecule has 17 heavy (non-hydrogen) atoms. The van der Waals surface area contributed by atoms with Gasteiger partial charge in [-0.15, -0.1) is 0 Å². The Morgan fingerprint density at radius 3 is 2.65 bits per heavy atom.